The minimum absolute atomic E-state index is 0.0867. The largest absolute Gasteiger partial charge is 0.417 e. The standard InChI is InChI=1S/C18H26F3N5O2/c1-13(2)10-23-17(28)24-16(27)12-25-6-3-7-26(9-8-25)15-5-4-14(11-22-15)18(19,20)21/h4-5,11,13H,3,6-10,12H2,1-2H3,(H2,23,24,27,28). The number of alkyl halides is 3. The molecule has 10 heteroatoms. The Morgan fingerprint density at radius 2 is 1.93 bits per heavy atom. The van der Waals surface area contributed by atoms with Crippen molar-refractivity contribution in [2.24, 2.45) is 5.92 Å². The summed E-state index contributed by atoms with van der Waals surface area (Å²) in [7, 11) is 0. The third-order valence-corrected chi connectivity index (χ3v) is 4.28. The van der Waals surface area contributed by atoms with Gasteiger partial charge in [-0.15, -0.1) is 0 Å². The van der Waals surface area contributed by atoms with Crippen molar-refractivity contribution in [1.82, 2.24) is 20.5 Å². The maximum Gasteiger partial charge on any atom is 0.417 e. The molecular formula is C18H26F3N5O2. The predicted molar refractivity (Wildman–Crippen MR) is 98.9 cm³/mol. The van der Waals surface area contributed by atoms with Crippen LogP contribution < -0.4 is 15.5 Å². The zero-order chi connectivity index (χ0) is 20.7. The number of pyridine rings is 1. The van der Waals surface area contributed by atoms with Crippen LogP contribution in [0.25, 0.3) is 0 Å². The summed E-state index contributed by atoms with van der Waals surface area (Å²) in [5, 5.41) is 4.92. The molecule has 0 saturated carbocycles. The zero-order valence-corrected chi connectivity index (χ0v) is 16.1. The molecule has 0 radical (unpaired) electrons. The lowest BCUT2D eigenvalue weighted by molar-refractivity contribution is -0.137. The lowest BCUT2D eigenvalue weighted by atomic mass is 10.2. The van der Waals surface area contributed by atoms with Gasteiger partial charge in [-0.05, 0) is 24.5 Å². The highest BCUT2D eigenvalue weighted by Gasteiger charge is 2.31. The number of hydrogen-bond donors (Lipinski definition) is 2. The number of nitrogens with zero attached hydrogens (tertiary/aromatic N) is 3. The molecule has 7 nitrogen and oxygen atoms in total. The normalized spacial score (nSPS) is 16.0. The molecule has 156 valence electrons. The van der Waals surface area contributed by atoms with Gasteiger partial charge in [-0.25, -0.2) is 9.78 Å². The van der Waals surface area contributed by atoms with E-state index in [0.29, 0.717) is 38.5 Å². The van der Waals surface area contributed by atoms with Gasteiger partial charge in [0.05, 0.1) is 12.1 Å². The van der Waals surface area contributed by atoms with Gasteiger partial charge >= 0.3 is 12.2 Å². The quantitative estimate of drug-likeness (QED) is 0.790. The number of carbonyl (C=O) groups excluding carboxylic acids is 2. The number of aromatic nitrogens is 1. The Bertz CT molecular complexity index is 664. The monoisotopic (exact) mass is 401 g/mol. The Hall–Kier alpha value is -2.36. The van der Waals surface area contributed by atoms with Crippen LogP contribution >= 0.6 is 0 Å². The third kappa shape index (κ3) is 6.99. The third-order valence-electron chi connectivity index (χ3n) is 4.28. The lowest BCUT2D eigenvalue weighted by Gasteiger charge is -2.22. The highest BCUT2D eigenvalue weighted by molar-refractivity contribution is 5.95. The van der Waals surface area contributed by atoms with Gasteiger partial charge in [0.2, 0.25) is 5.91 Å². The fourth-order valence-corrected chi connectivity index (χ4v) is 2.81. The van der Waals surface area contributed by atoms with Gasteiger partial charge in [0.15, 0.2) is 0 Å². The lowest BCUT2D eigenvalue weighted by Crippen LogP contribution is -2.46. The van der Waals surface area contributed by atoms with Crippen molar-refractivity contribution in [2.75, 3.05) is 44.2 Å². The smallest absolute Gasteiger partial charge is 0.355 e. The van der Waals surface area contributed by atoms with E-state index >= 15 is 0 Å². The Labute approximate surface area is 162 Å². The molecule has 1 aromatic rings. The van der Waals surface area contributed by atoms with E-state index in [2.05, 4.69) is 15.6 Å². The molecule has 0 aliphatic carbocycles. The molecular weight excluding hydrogens is 375 g/mol. The molecule has 3 amide bonds. The topological polar surface area (TPSA) is 77.6 Å². The minimum Gasteiger partial charge on any atom is -0.355 e. The van der Waals surface area contributed by atoms with Crippen molar-refractivity contribution in [1.29, 1.82) is 0 Å². The molecule has 2 heterocycles. The molecule has 1 aliphatic rings. The van der Waals surface area contributed by atoms with Crippen molar-refractivity contribution >= 4 is 17.8 Å². The van der Waals surface area contributed by atoms with E-state index in [-0.39, 0.29) is 18.4 Å². The van der Waals surface area contributed by atoms with Crippen LogP contribution in [0.4, 0.5) is 23.8 Å². The van der Waals surface area contributed by atoms with E-state index in [9.17, 15) is 22.8 Å². The van der Waals surface area contributed by atoms with Gasteiger partial charge in [0.1, 0.15) is 5.82 Å². The number of anilines is 1. The molecule has 0 bridgehead atoms. The SMILES string of the molecule is CC(C)CNC(=O)NC(=O)CN1CCCN(c2ccc(C(F)(F)F)cn2)CC1. The summed E-state index contributed by atoms with van der Waals surface area (Å²) in [4.78, 5) is 31.4. The first-order chi connectivity index (χ1) is 13.1. The number of hydrogen-bond acceptors (Lipinski definition) is 5. The first-order valence-corrected chi connectivity index (χ1v) is 9.23. The molecule has 1 aliphatic heterocycles. The molecule has 1 saturated heterocycles. The van der Waals surface area contributed by atoms with Crippen molar-refractivity contribution in [3.8, 4) is 0 Å². The number of rotatable bonds is 5. The fraction of sp³-hybridized carbons (Fsp3) is 0.611. The second-order valence-electron chi connectivity index (χ2n) is 7.17. The maximum atomic E-state index is 12.7. The van der Waals surface area contributed by atoms with Crippen LogP contribution in [0.15, 0.2) is 18.3 Å². The number of urea groups is 1. The Balaban J connectivity index is 1.82. The van der Waals surface area contributed by atoms with Crippen LogP contribution in [0, 0.1) is 5.92 Å². The van der Waals surface area contributed by atoms with Gasteiger partial charge in [-0.1, -0.05) is 13.8 Å². The first kappa shape index (κ1) is 21.9. The molecule has 1 fully saturated rings. The maximum absolute atomic E-state index is 12.7. The van der Waals surface area contributed by atoms with Crippen molar-refractivity contribution in [3.63, 3.8) is 0 Å². The number of amides is 3. The van der Waals surface area contributed by atoms with E-state index in [4.69, 9.17) is 0 Å². The van der Waals surface area contributed by atoms with Gasteiger partial charge in [-0.3, -0.25) is 15.0 Å². The molecule has 0 aromatic carbocycles. The number of halogens is 3. The zero-order valence-electron chi connectivity index (χ0n) is 16.1. The van der Waals surface area contributed by atoms with Crippen LogP contribution in [0.5, 0.6) is 0 Å². The van der Waals surface area contributed by atoms with Gasteiger partial charge < -0.3 is 10.2 Å². The highest BCUT2D eigenvalue weighted by Crippen LogP contribution is 2.29. The predicted octanol–water partition coefficient (Wildman–Crippen LogP) is 2.09. The Morgan fingerprint density at radius 1 is 1.18 bits per heavy atom. The van der Waals surface area contributed by atoms with Crippen LogP contribution in [0.3, 0.4) is 0 Å². The summed E-state index contributed by atoms with van der Waals surface area (Å²) in [5.74, 6) is 0.381. The average Bonchev–Trinajstić information content (AvgIpc) is 2.85. The molecule has 2 rings (SSSR count). The fourth-order valence-electron chi connectivity index (χ4n) is 2.81. The Kier molecular flexibility index (Phi) is 7.61. The molecule has 0 unspecified atom stereocenters. The number of imide groups is 1. The van der Waals surface area contributed by atoms with E-state index in [1.165, 1.54) is 6.07 Å². The molecule has 0 atom stereocenters. The second kappa shape index (κ2) is 9.72. The second-order valence-corrected chi connectivity index (χ2v) is 7.17. The van der Waals surface area contributed by atoms with E-state index in [1.54, 1.807) is 0 Å². The summed E-state index contributed by atoms with van der Waals surface area (Å²) >= 11 is 0. The summed E-state index contributed by atoms with van der Waals surface area (Å²) < 4.78 is 38.0. The van der Waals surface area contributed by atoms with Gasteiger partial charge in [-0.2, -0.15) is 13.2 Å². The summed E-state index contributed by atoms with van der Waals surface area (Å²) in [6.45, 7) is 6.84. The molecule has 28 heavy (non-hydrogen) atoms. The number of carbonyl (C=O) groups is 2. The van der Waals surface area contributed by atoms with Crippen molar-refractivity contribution < 1.29 is 22.8 Å². The summed E-state index contributed by atoms with van der Waals surface area (Å²) in [6, 6.07) is 1.88. The van der Waals surface area contributed by atoms with Crippen LogP contribution in [0.1, 0.15) is 25.8 Å². The van der Waals surface area contributed by atoms with Crippen molar-refractivity contribution in [2.45, 2.75) is 26.4 Å². The van der Waals surface area contributed by atoms with E-state index in [0.717, 1.165) is 18.7 Å². The van der Waals surface area contributed by atoms with E-state index < -0.39 is 17.8 Å². The minimum atomic E-state index is -4.41. The van der Waals surface area contributed by atoms with Gasteiger partial charge in [0, 0.05) is 38.9 Å². The summed E-state index contributed by atoms with van der Waals surface area (Å²) in [6.07, 6.45) is -2.84. The first-order valence-electron chi connectivity index (χ1n) is 9.23. The average molecular weight is 401 g/mol. The number of nitrogens with one attached hydrogen (secondary N) is 2. The Morgan fingerprint density at radius 3 is 2.54 bits per heavy atom. The molecule has 1 aromatic heterocycles. The summed E-state index contributed by atoms with van der Waals surface area (Å²) in [5.41, 5.74) is -0.778. The van der Waals surface area contributed by atoms with E-state index in [1.807, 2.05) is 23.6 Å². The molecule has 2 N–H and O–H groups in total. The van der Waals surface area contributed by atoms with Crippen LogP contribution in [-0.4, -0.2) is 61.1 Å². The highest BCUT2D eigenvalue weighted by atomic mass is 19.4. The van der Waals surface area contributed by atoms with Crippen molar-refractivity contribution in [3.05, 3.63) is 23.9 Å². The van der Waals surface area contributed by atoms with Crippen LogP contribution in [0.2, 0.25) is 0 Å². The molecule has 0 spiro atoms. The van der Waals surface area contributed by atoms with Gasteiger partial charge in [0.25, 0.3) is 0 Å². The van der Waals surface area contributed by atoms with Crippen LogP contribution in [-0.2, 0) is 11.0 Å².